The molecule has 1 aromatic rings. The zero-order valence-electron chi connectivity index (χ0n) is 10.4. The number of anilines is 1. The monoisotopic (exact) mass is 346 g/mol. The highest BCUT2D eigenvalue weighted by molar-refractivity contribution is 9.10. The fraction of sp³-hybridized carbons (Fsp3) is 0.462. The minimum absolute atomic E-state index is 0. The van der Waals surface area contributed by atoms with Crippen molar-refractivity contribution in [2.75, 3.05) is 18.0 Å². The van der Waals surface area contributed by atoms with Crippen molar-refractivity contribution in [2.24, 2.45) is 0 Å². The lowest BCUT2D eigenvalue weighted by Gasteiger charge is -2.37. The number of nitrogens with one attached hydrogen (secondary N) is 1. The number of hydrogen-bond acceptors (Lipinski definition) is 3. The van der Waals surface area contributed by atoms with Gasteiger partial charge in [-0.3, -0.25) is 4.90 Å². The molecule has 0 unspecified atom stereocenters. The minimum Gasteiger partial charge on any atom is -0.444 e. The molecule has 104 valence electrons. The molecular formula is C13H16BrClN2O2. The van der Waals surface area contributed by atoms with E-state index < -0.39 is 0 Å². The van der Waals surface area contributed by atoms with Crippen LogP contribution in [0.1, 0.15) is 18.4 Å². The molecule has 4 nitrogen and oxygen atoms in total. The molecule has 0 radical (unpaired) electrons. The second-order valence-corrected chi connectivity index (χ2v) is 5.51. The van der Waals surface area contributed by atoms with Crippen LogP contribution in [0.4, 0.5) is 10.5 Å². The SMILES string of the molecule is Cl.O=C1OCc2cccc(Br)c2N1C1CCNCC1. The highest BCUT2D eigenvalue weighted by atomic mass is 79.9. The lowest BCUT2D eigenvalue weighted by atomic mass is 10.0. The number of halogens is 2. The molecule has 2 aliphatic heterocycles. The van der Waals surface area contributed by atoms with Crippen molar-refractivity contribution in [1.82, 2.24) is 5.32 Å². The van der Waals surface area contributed by atoms with Gasteiger partial charge in [0.15, 0.2) is 0 Å². The summed E-state index contributed by atoms with van der Waals surface area (Å²) in [4.78, 5) is 13.9. The van der Waals surface area contributed by atoms with Crippen molar-refractivity contribution in [1.29, 1.82) is 0 Å². The molecule has 0 aromatic heterocycles. The second-order valence-electron chi connectivity index (χ2n) is 4.65. The van der Waals surface area contributed by atoms with Gasteiger partial charge in [0.25, 0.3) is 0 Å². The van der Waals surface area contributed by atoms with Gasteiger partial charge in [0.05, 0.1) is 5.69 Å². The lowest BCUT2D eigenvalue weighted by Crippen LogP contribution is -2.48. The number of fused-ring (bicyclic) bond motifs is 1. The van der Waals surface area contributed by atoms with Gasteiger partial charge in [-0.15, -0.1) is 12.4 Å². The van der Waals surface area contributed by atoms with Gasteiger partial charge < -0.3 is 10.1 Å². The number of para-hydroxylation sites is 1. The van der Waals surface area contributed by atoms with Gasteiger partial charge in [0.2, 0.25) is 0 Å². The van der Waals surface area contributed by atoms with E-state index in [2.05, 4.69) is 21.2 Å². The number of piperidine rings is 1. The number of nitrogens with zero attached hydrogens (tertiary/aromatic N) is 1. The number of cyclic esters (lactones) is 1. The van der Waals surface area contributed by atoms with Gasteiger partial charge in [0.1, 0.15) is 6.61 Å². The third-order valence-electron chi connectivity index (χ3n) is 3.53. The first kappa shape index (κ1) is 14.6. The van der Waals surface area contributed by atoms with Crippen LogP contribution in [0.15, 0.2) is 22.7 Å². The van der Waals surface area contributed by atoms with Crippen molar-refractivity contribution < 1.29 is 9.53 Å². The first-order valence-corrected chi connectivity index (χ1v) is 7.01. The maximum Gasteiger partial charge on any atom is 0.414 e. The van der Waals surface area contributed by atoms with Crippen LogP contribution in [0.25, 0.3) is 0 Å². The molecular weight excluding hydrogens is 332 g/mol. The van der Waals surface area contributed by atoms with E-state index in [-0.39, 0.29) is 24.5 Å². The quantitative estimate of drug-likeness (QED) is 0.849. The van der Waals surface area contributed by atoms with Gasteiger partial charge in [-0.05, 0) is 47.9 Å². The van der Waals surface area contributed by atoms with Crippen LogP contribution in [-0.4, -0.2) is 25.2 Å². The van der Waals surface area contributed by atoms with Crippen LogP contribution in [0.5, 0.6) is 0 Å². The normalized spacial score (nSPS) is 19.4. The Morgan fingerprint density at radius 3 is 2.79 bits per heavy atom. The van der Waals surface area contributed by atoms with Gasteiger partial charge in [-0.25, -0.2) is 4.79 Å². The summed E-state index contributed by atoms with van der Waals surface area (Å²) in [6.45, 7) is 2.28. The maximum atomic E-state index is 12.1. The van der Waals surface area contributed by atoms with E-state index >= 15 is 0 Å². The number of amides is 1. The number of hydrogen-bond donors (Lipinski definition) is 1. The number of ether oxygens (including phenoxy) is 1. The van der Waals surface area contributed by atoms with Crippen LogP contribution in [0.3, 0.4) is 0 Å². The van der Waals surface area contributed by atoms with Crippen molar-refractivity contribution in [2.45, 2.75) is 25.5 Å². The first-order valence-electron chi connectivity index (χ1n) is 6.21. The summed E-state index contributed by atoms with van der Waals surface area (Å²) in [5.74, 6) is 0. The van der Waals surface area contributed by atoms with Crippen LogP contribution >= 0.6 is 28.3 Å². The number of benzene rings is 1. The van der Waals surface area contributed by atoms with E-state index in [4.69, 9.17) is 4.74 Å². The molecule has 2 aliphatic rings. The molecule has 6 heteroatoms. The topological polar surface area (TPSA) is 41.6 Å². The highest BCUT2D eigenvalue weighted by Gasteiger charge is 2.33. The Morgan fingerprint density at radius 1 is 1.32 bits per heavy atom. The number of rotatable bonds is 1. The highest BCUT2D eigenvalue weighted by Crippen LogP contribution is 2.37. The maximum absolute atomic E-state index is 12.1. The Balaban J connectivity index is 0.00000133. The van der Waals surface area contributed by atoms with Crippen molar-refractivity contribution in [3.05, 3.63) is 28.2 Å². The van der Waals surface area contributed by atoms with E-state index in [1.807, 2.05) is 23.1 Å². The summed E-state index contributed by atoms with van der Waals surface area (Å²) in [6.07, 6.45) is 1.72. The van der Waals surface area contributed by atoms with Crippen LogP contribution < -0.4 is 10.2 Å². The Hall–Kier alpha value is -0.780. The van der Waals surface area contributed by atoms with Crippen molar-refractivity contribution in [3.8, 4) is 0 Å². The van der Waals surface area contributed by atoms with Gasteiger partial charge in [-0.2, -0.15) is 0 Å². The Kier molecular flexibility index (Phi) is 4.71. The van der Waals surface area contributed by atoms with E-state index in [0.717, 1.165) is 41.7 Å². The minimum atomic E-state index is -0.221. The van der Waals surface area contributed by atoms with Crippen molar-refractivity contribution in [3.63, 3.8) is 0 Å². The zero-order valence-corrected chi connectivity index (χ0v) is 12.8. The molecule has 0 saturated carbocycles. The first-order chi connectivity index (χ1) is 8.77. The van der Waals surface area contributed by atoms with Gasteiger partial charge >= 0.3 is 6.09 Å². The molecule has 1 N–H and O–H groups in total. The molecule has 1 aromatic carbocycles. The largest absolute Gasteiger partial charge is 0.444 e. The molecule has 1 saturated heterocycles. The van der Waals surface area contributed by atoms with Crippen LogP contribution in [-0.2, 0) is 11.3 Å². The summed E-state index contributed by atoms with van der Waals surface area (Å²) in [7, 11) is 0. The van der Waals surface area contributed by atoms with Crippen LogP contribution in [0.2, 0.25) is 0 Å². The summed E-state index contributed by atoms with van der Waals surface area (Å²) in [6, 6.07) is 6.20. The second kappa shape index (κ2) is 6.11. The smallest absolute Gasteiger partial charge is 0.414 e. The van der Waals surface area contributed by atoms with E-state index in [9.17, 15) is 4.79 Å². The third-order valence-corrected chi connectivity index (χ3v) is 4.17. The number of carbonyl (C=O) groups is 1. The lowest BCUT2D eigenvalue weighted by molar-refractivity contribution is 0.137. The van der Waals surface area contributed by atoms with Crippen LogP contribution in [0, 0.1) is 0 Å². The molecule has 2 heterocycles. The predicted molar refractivity (Wildman–Crippen MR) is 79.9 cm³/mol. The summed E-state index contributed by atoms with van der Waals surface area (Å²) >= 11 is 3.55. The molecule has 19 heavy (non-hydrogen) atoms. The molecule has 0 spiro atoms. The predicted octanol–water partition coefficient (Wildman–Crippen LogP) is 3.08. The molecule has 0 aliphatic carbocycles. The Labute approximate surface area is 127 Å². The fourth-order valence-corrected chi connectivity index (χ4v) is 3.24. The summed E-state index contributed by atoms with van der Waals surface area (Å²) in [5.41, 5.74) is 2.06. The molecule has 1 fully saturated rings. The average molecular weight is 348 g/mol. The van der Waals surface area contributed by atoms with Gasteiger partial charge in [-0.1, -0.05) is 12.1 Å². The number of carbonyl (C=O) groups excluding carboxylic acids is 1. The van der Waals surface area contributed by atoms with Gasteiger partial charge in [0, 0.05) is 16.1 Å². The third kappa shape index (κ3) is 2.73. The Morgan fingerprint density at radius 2 is 2.05 bits per heavy atom. The molecule has 3 rings (SSSR count). The standard InChI is InChI=1S/C13H15BrN2O2.ClH/c14-11-3-1-2-9-8-18-13(17)16(12(9)11)10-4-6-15-7-5-10;/h1-3,10,15H,4-8H2;1H. The molecule has 0 bridgehead atoms. The molecule has 1 amide bonds. The van der Waals surface area contributed by atoms with E-state index in [1.165, 1.54) is 0 Å². The molecule has 0 atom stereocenters. The van der Waals surface area contributed by atoms with E-state index in [1.54, 1.807) is 0 Å². The fourth-order valence-electron chi connectivity index (χ4n) is 2.64. The van der Waals surface area contributed by atoms with E-state index in [0.29, 0.717) is 6.61 Å². The zero-order chi connectivity index (χ0) is 12.5. The average Bonchev–Trinajstić information content (AvgIpc) is 2.40. The Bertz CT molecular complexity index is 478. The summed E-state index contributed by atoms with van der Waals surface area (Å²) < 4.78 is 6.24. The van der Waals surface area contributed by atoms with Crippen molar-refractivity contribution >= 4 is 40.1 Å². The summed E-state index contributed by atoms with van der Waals surface area (Å²) in [5, 5.41) is 3.32.